The highest BCUT2D eigenvalue weighted by molar-refractivity contribution is 6.30. The zero-order valence-corrected chi connectivity index (χ0v) is 16.0. The minimum absolute atomic E-state index is 0.0361. The average molecular weight is 385 g/mol. The Morgan fingerprint density at radius 3 is 2.67 bits per heavy atom. The molecule has 3 aromatic rings. The number of hydrogen-bond acceptors (Lipinski definition) is 5. The van der Waals surface area contributed by atoms with Crippen LogP contribution in [0.25, 0.3) is 0 Å². The first-order valence-corrected chi connectivity index (χ1v) is 9.29. The summed E-state index contributed by atoms with van der Waals surface area (Å²) >= 11 is 6.04. The van der Waals surface area contributed by atoms with Crippen molar-refractivity contribution >= 4 is 17.5 Å². The van der Waals surface area contributed by atoms with E-state index in [-0.39, 0.29) is 12.1 Å². The highest BCUT2D eigenvalue weighted by Gasteiger charge is 2.30. The van der Waals surface area contributed by atoms with Gasteiger partial charge in [-0.05, 0) is 48.7 Å². The van der Waals surface area contributed by atoms with Crippen LogP contribution in [0, 0.1) is 0 Å². The van der Waals surface area contributed by atoms with E-state index in [4.69, 9.17) is 21.1 Å². The lowest BCUT2D eigenvalue weighted by Crippen LogP contribution is -2.28. The first-order valence-electron chi connectivity index (χ1n) is 8.91. The first-order chi connectivity index (χ1) is 13.2. The Morgan fingerprint density at radius 2 is 1.93 bits per heavy atom. The van der Waals surface area contributed by atoms with Gasteiger partial charge < -0.3 is 14.8 Å². The van der Waals surface area contributed by atoms with Crippen LogP contribution in [-0.2, 0) is 0 Å². The third-order valence-electron chi connectivity index (χ3n) is 4.78. The summed E-state index contributed by atoms with van der Waals surface area (Å²) in [5.74, 6) is 2.21. The van der Waals surface area contributed by atoms with Crippen LogP contribution in [0.3, 0.4) is 0 Å². The second-order valence-corrected chi connectivity index (χ2v) is 6.81. The fraction of sp³-hybridized carbons (Fsp3) is 0.300. The summed E-state index contributed by atoms with van der Waals surface area (Å²) < 4.78 is 13.1. The summed E-state index contributed by atoms with van der Waals surface area (Å²) in [7, 11) is 1.65. The highest BCUT2D eigenvalue weighted by Crippen LogP contribution is 2.40. The van der Waals surface area contributed by atoms with Crippen molar-refractivity contribution in [3.8, 4) is 11.5 Å². The molecule has 2 atom stereocenters. The van der Waals surface area contributed by atoms with Crippen LogP contribution in [0.4, 0.5) is 5.95 Å². The van der Waals surface area contributed by atoms with Crippen LogP contribution >= 0.6 is 11.6 Å². The number of nitrogens with zero attached hydrogens (tertiary/aromatic N) is 3. The summed E-state index contributed by atoms with van der Waals surface area (Å²) in [5.41, 5.74) is 2.26. The minimum atomic E-state index is 0.0361. The topological polar surface area (TPSA) is 61.2 Å². The van der Waals surface area contributed by atoms with E-state index >= 15 is 0 Å². The molecule has 0 spiro atoms. The molecule has 1 aliphatic heterocycles. The quantitative estimate of drug-likeness (QED) is 0.702. The molecule has 0 fully saturated rings. The van der Waals surface area contributed by atoms with Crippen molar-refractivity contribution in [1.29, 1.82) is 0 Å². The van der Waals surface area contributed by atoms with E-state index in [9.17, 15) is 0 Å². The molecule has 2 aromatic carbocycles. The molecular weight excluding hydrogens is 364 g/mol. The number of methoxy groups -OCH3 is 1. The normalized spacial score (nSPS) is 18.5. The fourth-order valence-corrected chi connectivity index (χ4v) is 3.60. The van der Waals surface area contributed by atoms with Crippen LogP contribution < -0.4 is 14.8 Å². The predicted molar refractivity (Wildman–Crippen MR) is 105 cm³/mol. The van der Waals surface area contributed by atoms with Crippen molar-refractivity contribution in [2.24, 2.45) is 0 Å². The lowest BCUT2D eigenvalue weighted by molar-refractivity contribution is 0.310. The summed E-state index contributed by atoms with van der Waals surface area (Å²) in [5, 5.41) is 8.61. The molecule has 0 bridgehead atoms. The maximum absolute atomic E-state index is 6.04. The van der Waals surface area contributed by atoms with E-state index in [1.807, 2.05) is 48.0 Å². The van der Waals surface area contributed by atoms with Crippen molar-refractivity contribution in [1.82, 2.24) is 14.8 Å². The molecule has 1 N–H and O–H groups in total. The molecule has 0 saturated heterocycles. The van der Waals surface area contributed by atoms with E-state index < -0.39 is 0 Å². The van der Waals surface area contributed by atoms with Crippen LogP contribution in [-0.4, -0.2) is 28.5 Å². The molecule has 1 aliphatic rings. The van der Waals surface area contributed by atoms with Crippen molar-refractivity contribution < 1.29 is 9.47 Å². The van der Waals surface area contributed by atoms with Crippen LogP contribution in [0.1, 0.15) is 36.6 Å². The lowest BCUT2D eigenvalue weighted by Gasteiger charge is -2.32. The number of rotatable bonds is 5. The minimum Gasteiger partial charge on any atom is -0.493 e. The Morgan fingerprint density at radius 1 is 1.15 bits per heavy atom. The second-order valence-electron chi connectivity index (χ2n) is 6.37. The molecule has 4 rings (SSSR count). The second kappa shape index (κ2) is 7.48. The van der Waals surface area contributed by atoms with Crippen LogP contribution in [0.2, 0.25) is 5.02 Å². The van der Waals surface area contributed by atoms with E-state index in [0.29, 0.717) is 6.61 Å². The van der Waals surface area contributed by atoms with Gasteiger partial charge in [0.1, 0.15) is 6.33 Å². The van der Waals surface area contributed by atoms with E-state index in [1.165, 1.54) is 0 Å². The van der Waals surface area contributed by atoms with Gasteiger partial charge in [0.15, 0.2) is 11.5 Å². The van der Waals surface area contributed by atoms with Crippen molar-refractivity contribution in [2.75, 3.05) is 19.0 Å². The van der Waals surface area contributed by atoms with E-state index in [2.05, 4.69) is 21.5 Å². The third kappa shape index (κ3) is 3.45. The van der Waals surface area contributed by atoms with Crippen molar-refractivity contribution in [2.45, 2.75) is 25.4 Å². The maximum Gasteiger partial charge on any atom is 0.222 e. The Kier molecular flexibility index (Phi) is 4.90. The number of ether oxygens (including phenoxy) is 2. The SMILES string of the molecule is CCOc1ccc([C@H]2C[C@@H](c3ccc(Cl)cc3)Nc3ncnn32)cc1OC. The standard InChI is InChI=1S/C20H21ClN4O2/c1-3-27-18-9-6-14(10-19(18)26-2)17-11-16(13-4-7-15(21)8-5-13)24-20-22-12-23-25(17)20/h4-10,12,16-17H,3,11H2,1-2H3,(H,22,23,24)/t16-,17+/m0/s1. The number of fused-ring (bicyclic) bond motifs is 1. The molecule has 0 amide bonds. The zero-order valence-electron chi connectivity index (χ0n) is 15.2. The third-order valence-corrected chi connectivity index (χ3v) is 5.03. The Balaban J connectivity index is 1.70. The summed E-state index contributed by atoms with van der Waals surface area (Å²) in [4.78, 5) is 4.37. The van der Waals surface area contributed by atoms with Crippen molar-refractivity contribution in [3.63, 3.8) is 0 Å². The van der Waals surface area contributed by atoms with Gasteiger partial charge in [0, 0.05) is 5.02 Å². The molecule has 6 nitrogen and oxygen atoms in total. The number of halogens is 1. The molecular formula is C20H21ClN4O2. The van der Waals surface area contributed by atoms with Gasteiger partial charge in [-0.15, -0.1) is 0 Å². The Labute approximate surface area is 163 Å². The summed E-state index contributed by atoms with van der Waals surface area (Å²) in [6.07, 6.45) is 2.40. The predicted octanol–water partition coefficient (Wildman–Crippen LogP) is 4.49. The smallest absolute Gasteiger partial charge is 0.222 e. The van der Waals surface area contributed by atoms with Gasteiger partial charge in [-0.3, -0.25) is 0 Å². The van der Waals surface area contributed by atoms with Gasteiger partial charge in [0.2, 0.25) is 5.95 Å². The monoisotopic (exact) mass is 384 g/mol. The lowest BCUT2D eigenvalue weighted by atomic mass is 9.93. The zero-order chi connectivity index (χ0) is 18.8. The van der Waals surface area contributed by atoms with Gasteiger partial charge >= 0.3 is 0 Å². The molecule has 0 aliphatic carbocycles. The van der Waals surface area contributed by atoms with Gasteiger partial charge in [-0.1, -0.05) is 29.8 Å². The van der Waals surface area contributed by atoms with Gasteiger partial charge in [-0.25, -0.2) is 4.68 Å². The molecule has 27 heavy (non-hydrogen) atoms. The molecule has 2 heterocycles. The maximum atomic E-state index is 6.04. The summed E-state index contributed by atoms with van der Waals surface area (Å²) in [6, 6.07) is 14.1. The molecule has 0 radical (unpaired) electrons. The number of aromatic nitrogens is 3. The molecule has 140 valence electrons. The number of benzene rings is 2. The first kappa shape index (κ1) is 17.7. The van der Waals surface area contributed by atoms with Crippen LogP contribution in [0.15, 0.2) is 48.8 Å². The largest absolute Gasteiger partial charge is 0.493 e. The molecule has 0 saturated carbocycles. The Hall–Kier alpha value is -2.73. The van der Waals surface area contributed by atoms with E-state index in [0.717, 1.165) is 40.0 Å². The number of anilines is 1. The molecule has 0 unspecified atom stereocenters. The van der Waals surface area contributed by atoms with Gasteiger partial charge in [-0.2, -0.15) is 10.1 Å². The molecule has 1 aromatic heterocycles. The van der Waals surface area contributed by atoms with E-state index in [1.54, 1.807) is 13.4 Å². The highest BCUT2D eigenvalue weighted by atomic mass is 35.5. The van der Waals surface area contributed by atoms with Gasteiger partial charge in [0.05, 0.1) is 25.8 Å². The number of hydrogen-bond donors (Lipinski definition) is 1. The summed E-state index contributed by atoms with van der Waals surface area (Å²) in [6.45, 7) is 2.55. The fourth-order valence-electron chi connectivity index (χ4n) is 3.48. The molecule has 7 heteroatoms. The average Bonchev–Trinajstić information content (AvgIpc) is 3.17. The Bertz CT molecular complexity index is 926. The van der Waals surface area contributed by atoms with Crippen molar-refractivity contribution in [3.05, 3.63) is 64.9 Å². The van der Waals surface area contributed by atoms with Crippen LogP contribution in [0.5, 0.6) is 11.5 Å². The van der Waals surface area contributed by atoms with Gasteiger partial charge in [0.25, 0.3) is 0 Å². The number of nitrogens with one attached hydrogen (secondary N) is 1.